The zero-order valence-electron chi connectivity index (χ0n) is 9.84. The van der Waals surface area contributed by atoms with Crippen LogP contribution in [0.2, 0.25) is 0 Å². The molecular weight excluding hydrogens is 175 g/mol. The summed E-state index contributed by atoms with van der Waals surface area (Å²) in [5, 5.41) is 0. The van der Waals surface area contributed by atoms with Crippen LogP contribution in [0.3, 0.4) is 0 Å². The number of hydrogen-bond acceptors (Lipinski definition) is 0. The summed E-state index contributed by atoms with van der Waals surface area (Å²) in [6, 6.07) is 6.85. The third-order valence-corrected chi connectivity index (χ3v) is 2.37. The molecule has 0 amide bonds. The predicted octanol–water partition coefficient (Wildman–Crippen LogP) is 4.61. The Hall–Kier alpha value is -0.850. The van der Waals surface area contributed by atoms with E-state index in [9.17, 15) is 4.39 Å². The largest absolute Gasteiger partial charge is 0.207 e. The van der Waals surface area contributed by atoms with Gasteiger partial charge in [-0.3, -0.25) is 0 Å². The molecule has 14 heavy (non-hydrogen) atoms. The van der Waals surface area contributed by atoms with Crippen molar-refractivity contribution in [3.8, 4) is 0 Å². The smallest absolute Gasteiger partial charge is 0.123 e. The van der Waals surface area contributed by atoms with E-state index in [-0.39, 0.29) is 5.82 Å². The molecule has 0 nitrogen and oxygen atoms in total. The minimum absolute atomic E-state index is 0.139. The monoisotopic (exact) mass is 196 g/mol. The summed E-state index contributed by atoms with van der Waals surface area (Å²) in [5.41, 5.74) is 1.09. The molecule has 1 heteroatoms. The SMILES string of the molecule is CC.CC(C)C(C)c1cccc(F)c1. The first-order valence-electron chi connectivity index (χ1n) is 5.36. The Morgan fingerprint density at radius 3 is 2.07 bits per heavy atom. The fraction of sp³-hybridized carbons (Fsp3) is 0.538. The zero-order chi connectivity index (χ0) is 11.1. The van der Waals surface area contributed by atoms with Gasteiger partial charge in [-0.05, 0) is 29.5 Å². The molecule has 1 aromatic carbocycles. The van der Waals surface area contributed by atoms with Gasteiger partial charge >= 0.3 is 0 Å². The van der Waals surface area contributed by atoms with Crippen molar-refractivity contribution >= 4 is 0 Å². The van der Waals surface area contributed by atoms with E-state index in [1.54, 1.807) is 12.1 Å². The number of rotatable bonds is 2. The van der Waals surface area contributed by atoms with Crippen molar-refractivity contribution in [3.63, 3.8) is 0 Å². The van der Waals surface area contributed by atoms with Crippen molar-refractivity contribution in [2.24, 2.45) is 5.92 Å². The van der Waals surface area contributed by atoms with E-state index in [1.807, 2.05) is 19.9 Å². The molecule has 0 N–H and O–H groups in total. The predicted molar refractivity (Wildman–Crippen MR) is 61.0 cm³/mol. The first-order chi connectivity index (χ1) is 6.61. The third-order valence-electron chi connectivity index (χ3n) is 2.37. The van der Waals surface area contributed by atoms with Gasteiger partial charge < -0.3 is 0 Å². The molecule has 0 aliphatic rings. The molecular formula is C13H21F. The van der Waals surface area contributed by atoms with E-state index in [4.69, 9.17) is 0 Å². The molecule has 1 rings (SSSR count). The Morgan fingerprint density at radius 2 is 1.64 bits per heavy atom. The van der Waals surface area contributed by atoms with E-state index in [2.05, 4.69) is 20.8 Å². The maximum absolute atomic E-state index is 12.8. The van der Waals surface area contributed by atoms with Crippen molar-refractivity contribution in [3.05, 3.63) is 35.6 Å². The highest BCUT2D eigenvalue weighted by Gasteiger charge is 2.09. The number of halogens is 1. The van der Waals surface area contributed by atoms with Gasteiger partial charge in [0.1, 0.15) is 5.82 Å². The van der Waals surface area contributed by atoms with Gasteiger partial charge in [-0.2, -0.15) is 0 Å². The zero-order valence-corrected chi connectivity index (χ0v) is 9.84. The van der Waals surface area contributed by atoms with Crippen LogP contribution < -0.4 is 0 Å². The summed E-state index contributed by atoms with van der Waals surface area (Å²) in [4.78, 5) is 0. The lowest BCUT2D eigenvalue weighted by atomic mass is 9.90. The van der Waals surface area contributed by atoms with Gasteiger partial charge in [0.15, 0.2) is 0 Å². The van der Waals surface area contributed by atoms with E-state index < -0.39 is 0 Å². The number of hydrogen-bond donors (Lipinski definition) is 0. The molecule has 0 aliphatic heterocycles. The Labute approximate surface area is 87.2 Å². The van der Waals surface area contributed by atoms with Crippen LogP contribution in [-0.4, -0.2) is 0 Å². The average Bonchev–Trinajstić information content (AvgIpc) is 2.19. The van der Waals surface area contributed by atoms with Crippen molar-refractivity contribution in [1.82, 2.24) is 0 Å². The van der Waals surface area contributed by atoms with E-state index in [0.717, 1.165) is 5.56 Å². The topological polar surface area (TPSA) is 0 Å². The highest BCUT2D eigenvalue weighted by atomic mass is 19.1. The second-order valence-electron chi connectivity index (χ2n) is 3.59. The Bertz CT molecular complexity index is 253. The van der Waals surface area contributed by atoms with Gasteiger partial charge in [-0.15, -0.1) is 0 Å². The molecule has 1 unspecified atom stereocenters. The Kier molecular flexibility index (Phi) is 6.18. The molecule has 0 aromatic heterocycles. The van der Waals surface area contributed by atoms with Gasteiger partial charge in [0.2, 0.25) is 0 Å². The molecule has 1 atom stereocenters. The molecule has 80 valence electrons. The fourth-order valence-electron chi connectivity index (χ4n) is 1.17. The van der Waals surface area contributed by atoms with Crippen LogP contribution in [0.15, 0.2) is 24.3 Å². The summed E-state index contributed by atoms with van der Waals surface area (Å²) in [5.74, 6) is 0.854. The molecule has 0 saturated carbocycles. The van der Waals surface area contributed by atoms with Crippen LogP contribution in [0, 0.1) is 11.7 Å². The molecule has 0 radical (unpaired) electrons. The first-order valence-corrected chi connectivity index (χ1v) is 5.36. The molecule has 0 aliphatic carbocycles. The summed E-state index contributed by atoms with van der Waals surface area (Å²) in [6.07, 6.45) is 0. The van der Waals surface area contributed by atoms with Crippen LogP contribution in [-0.2, 0) is 0 Å². The maximum atomic E-state index is 12.8. The van der Waals surface area contributed by atoms with E-state index in [1.165, 1.54) is 6.07 Å². The molecule has 0 heterocycles. The highest BCUT2D eigenvalue weighted by molar-refractivity contribution is 5.20. The number of benzene rings is 1. The maximum Gasteiger partial charge on any atom is 0.123 e. The molecule has 1 aromatic rings. The Balaban J connectivity index is 0.000000791. The minimum atomic E-state index is -0.139. The first kappa shape index (κ1) is 13.2. The second kappa shape index (κ2) is 6.58. The average molecular weight is 196 g/mol. The normalized spacial score (nSPS) is 11.9. The summed E-state index contributed by atoms with van der Waals surface area (Å²) in [6.45, 7) is 10.4. The van der Waals surface area contributed by atoms with Crippen LogP contribution in [0.1, 0.15) is 46.1 Å². The van der Waals surface area contributed by atoms with Crippen LogP contribution in [0.4, 0.5) is 4.39 Å². The molecule has 0 fully saturated rings. The minimum Gasteiger partial charge on any atom is -0.207 e. The molecule has 0 saturated heterocycles. The lowest BCUT2D eigenvalue weighted by molar-refractivity contribution is 0.530. The van der Waals surface area contributed by atoms with Gasteiger partial charge in [0.05, 0.1) is 0 Å². The highest BCUT2D eigenvalue weighted by Crippen LogP contribution is 2.23. The van der Waals surface area contributed by atoms with Crippen molar-refractivity contribution in [1.29, 1.82) is 0 Å². The standard InChI is InChI=1S/C11H15F.C2H6/c1-8(2)9(3)10-5-4-6-11(12)7-10;1-2/h4-9H,1-3H3;1-2H3. The lowest BCUT2D eigenvalue weighted by Crippen LogP contribution is -2.01. The van der Waals surface area contributed by atoms with Gasteiger partial charge in [-0.25, -0.2) is 4.39 Å². The van der Waals surface area contributed by atoms with Crippen molar-refractivity contribution in [2.45, 2.75) is 40.5 Å². The van der Waals surface area contributed by atoms with Gasteiger partial charge in [-0.1, -0.05) is 46.8 Å². The fourth-order valence-corrected chi connectivity index (χ4v) is 1.17. The van der Waals surface area contributed by atoms with Crippen LogP contribution in [0.5, 0.6) is 0 Å². The van der Waals surface area contributed by atoms with Crippen LogP contribution in [0.25, 0.3) is 0 Å². The third kappa shape index (κ3) is 3.91. The Morgan fingerprint density at radius 1 is 1.07 bits per heavy atom. The van der Waals surface area contributed by atoms with Crippen LogP contribution >= 0.6 is 0 Å². The molecule has 0 bridgehead atoms. The lowest BCUT2D eigenvalue weighted by Gasteiger charge is -2.15. The summed E-state index contributed by atoms with van der Waals surface area (Å²) in [7, 11) is 0. The van der Waals surface area contributed by atoms with Gasteiger partial charge in [0.25, 0.3) is 0 Å². The second-order valence-corrected chi connectivity index (χ2v) is 3.59. The van der Waals surface area contributed by atoms with Gasteiger partial charge in [0, 0.05) is 0 Å². The summed E-state index contributed by atoms with van der Waals surface area (Å²) < 4.78 is 12.8. The quantitative estimate of drug-likeness (QED) is 0.648. The molecule has 0 spiro atoms. The van der Waals surface area contributed by atoms with Crippen molar-refractivity contribution < 1.29 is 4.39 Å². The summed E-state index contributed by atoms with van der Waals surface area (Å²) >= 11 is 0. The van der Waals surface area contributed by atoms with E-state index in [0.29, 0.717) is 11.8 Å². The van der Waals surface area contributed by atoms with Crippen molar-refractivity contribution in [2.75, 3.05) is 0 Å². The van der Waals surface area contributed by atoms with E-state index >= 15 is 0 Å².